The maximum absolute atomic E-state index is 5.72. The van der Waals surface area contributed by atoms with Gasteiger partial charge in [0.1, 0.15) is 0 Å². The van der Waals surface area contributed by atoms with E-state index < -0.39 is 0 Å². The number of nitrogens with zero attached hydrogens (tertiary/aromatic N) is 1. The van der Waals surface area contributed by atoms with Crippen molar-refractivity contribution >= 4 is 0 Å². The minimum Gasteiger partial charge on any atom is -0.376 e. The van der Waals surface area contributed by atoms with Crippen LogP contribution in [0.15, 0.2) is 0 Å². The van der Waals surface area contributed by atoms with E-state index in [4.69, 9.17) is 9.47 Å². The van der Waals surface area contributed by atoms with Crippen LogP contribution in [0.2, 0.25) is 0 Å². The maximum Gasteiger partial charge on any atom is 0.0700 e. The smallest absolute Gasteiger partial charge is 0.0700 e. The lowest BCUT2D eigenvalue weighted by molar-refractivity contribution is -0.0542. The van der Waals surface area contributed by atoms with Gasteiger partial charge in [-0.15, -0.1) is 0 Å². The molecule has 1 saturated heterocycles. The van der Waals surface area contributed by atoms with E-state index in [1.54, 1.807) is 0 Å². The van der Waals surface area contributed by atoms with Gasteiger partial charge in [-0.05, 0) is 27.2 Å². The van der Waals surface area contributed by atoms with E-state index in [1.807, 2.05) is 0 Å². The molecule has 90 valence electrons. The van der Waals surface area contributed by atoms with Crippen molar-refractivity contribution < 1.29 is 9.47 Å². The molecule has 0 N–H and O–H groups in total. The number of hydrogen-bond donors (Lipinski definition) is 0. The Labute approximate surface area is 93.7 Å². The first-order chi connectivity index (χ1) is 7.01. The predicted molar refractivity (Wildman–Crippen MR) is 62.2 cm³/mol. The molecule has 0 bridgehead atoms. The third-order valence-electron chi connectivity index (χ3n) is 2.62. The molecule has 0 radical (unpaired) electrons. The van der Waals surface area contributed by atoms with Crippen molar-refractivity contribution in [2.75, 3.05) is 32.8 Å². The molecular weight excluding hydrogens is 190 g/mol. The Morgan fingerprint density at radius 1 is 1.40 bits per heavy atom. The standard InChI is InChI=1S/C12H25NO2/c1-5-11-10-13(6-8-14-11)7-9-15-12(2,3)4/h11H,5-10H2,1-4H3. The Morgan fingerprint density at radius 2 is 2.13 bits per heavy atom. The molecule has 0 aromatic heterocycles. The molecule has 3 heteroatoms. The summed E-state index contributed by atoms with van der Waals surface area (Å²) in [7, 11) is 0. The summed E-state index contributed by atoms with van der Waals surface area (Å²) in [5.74, 6) is 0. The van der Waals surface area contributed by atoms with Gasteiger partial charge in [-0.3, -0.25) is 4.90 Å². The number of hydrogen-bond acceptors (Lipinski definition) is 3. The lowest BCUT2D eigenvalue weighted by Crippen LogP contribution is -2.44. The van der Waals surface area contributed by atoms with E-state index in [0.717, 1.165) is 39.3 Å². The van der Waals surface area contributed by atoms with E-state index in [9.17, 15) is 0 Å². The highest BCUT2D eigenvalue weighted by Crippen LogP contribution is 2.10. The second-order valence-electron chi connectivity index (χ2n) is 5.16. The molecule has 1 unspecified atom stereocenters. The van der Waals surface area contributed by atoms with Crippen LogP contribution in [0, 0.1) is 0 Å². The molecule has 0 saturated carbocycles. The third kappa shape index (κ3) is 5.50. The average Bonchev–Trinajstić information content (AvgIpc) is 2.16. The van der Waals surface area contributed by atoms with Crippen molar-refractivity contribution in [2.45, 2.75) is 45.8 Å². The Kier molecular flexibility index (Phi) is 5.03. The number of morpholine rings is 1. The lowest BCUT2D eigenvalue weighted by Gasteiger charge is -2.33. The van der Waals surface area contributed by atoms with Crippen LogP contribution in [0.5, 0.6) is 0 Å². The van der Waals surface area contributed by atoms with Gasteiger partial charge in [-0.2, -0.15) is 0 Å². The highest BCUT2D eigenvalue weighted by atomic mass is 16.5. The van der Waals surface area contributed by atoms with Gasteiger partial charge < -0.3 is 9.47 Å². The number of ether oxygens (including phenoxy) is 2. The first kappa shape index (κ1) is 12.9. The summed E-state index contributed by atoms with van der Waals surface area (Å²) in [6, 6.07) is 0. The summed E-state index contributed by atoms with van der Waals surface area (Å²) in [6.45, 7) is 13.3. The molecule has 0 spiro atoms. The fourth-order valence-corrected chi connectivity index (χ4v) is 1.71. The Morgan fingerprint density at radius 3 is 2.73 bits per heavy atom. The summed E-state index contributed by atoms with van der Waals surface area (Å²) in [6.07, 6.45) is 1.53. The molecule has 1 aliphatic heterocycles. The molecule has 0 aromatic rings. The van der Waals surface area contributed by atoms with E-state index >= 15 is 0 Å². The third-order valence-corrected chi connectivity index (χ3v) is 2.62. The van der Waals surface area contributed by atoms with Crippen LogP contribution in [0.3, 0.4) is 0 Å². The normalized spacial score (nSPS) is 24.4. The van der Waals surface area contributed by atoms with Gasteiger partial charge in [0, 0.05) is 19.6 Å². The van der Waals surface area contributed by atoms with Gasteiger partial charge in [-0.1, -0.05) is 6.92 Å². The van der Waals surface area contributed by atoms with Crippen molar-refractivity contribution in [3.8, 4) is 0 Å². The van der Waals surface area contributed by atoms with Gasteiger partial charge >= 0.3 is 0 Å². The minimum atomic E-state index is -0.0174. The largest absolute Gasteiger partial charge is 0.376 e. The van der Waals surface area contributed by atoms with E-state index in [-0.39, 0.29) is 5.60 Å². The van der Waals surface area contributed by atoms with Gasteiger partial charge in [-0.25, -0.2) is 0 Å². The van der Waals surface area contributed by atoms with Crippen LogP contribution >= 0.6 is 0 Å². The first-order valence-electron chi connectivity index (χ1n) is 5.99. The molecule has 0 amide bonds. The lowest BCUT2D eigenvalue weighted by atomic mass is 10.2. The zero-order valence-corrected chi connectivity index (χ0v) is 10.6. The van der Waals surface area contributed by atoms with Crippen LogP contribution in [0.4, 0.5) is 0 Å². The van der Waals surface area contributed by atoms with E-state index in [2.05, 4.69) is 32.6 Å². The van der Waals surface area contributed by atoms with Crippen LogP contribution in [0.1, 0.15) is 34.1 Å². The fraction of sp³-hybridized carbons (Fsp3) is 1.00. The minimum absolute atomic E-state index is 0.0174. The Bertz CT molecular complexity index is 177. The van der Waals surface area contributed by atoms with Crippen molar-refractivity contribution in [2.24, 2.45) is 0 Å². The molecule has 0 aromatic carbocycles. The van der Waals surface area contributed by atoms with Crippen LogP contribution in [-0.4, -0.2) is 49.5 Å². The zero-order chi connectivity index (χ0) is 11.3. The molecule has 1 rings (SSSR count). The maximum atomic E-state index is 5.72. The molecule has 1 aliphatic rings. The van der Waals surface area contributed by atoms with Crippen LogP contribution < -0.4 is 0 Å². The zero-order valence-electron chi connectivity index (χ0n) is 10.6. The van der Waals surface area contributed by atoms with Crippen molar-refractivity contribution in [1.82, 2.24) is 4.90 Å². The monoisotopic (exact) mass is 215 g/mol. The molecule has 15 heavy (non-hydrogen) atoms. The summed E-state index contributed by atoms with van der Waals surface area (Å²) in [5.41, 5.74) is -0.0174. The van der Waals surface area contributed by atoms with Crippen molar-refractivity contribution in [3.05, 3.63) is 0 Å². The SMILES string of the molecule is CCC1CN(CCOC(C)(C)C)CCO1. The molecule has 1 atom stereocenters. The van der Waals surface area contributed by atoms with Gasteiger partial charge in [0.2, 0.25) is 0 Å². The first-order valence-corrected chi connectivity index (χ1v) is 5.99. The molecule has 0 aliphatic carbocycles. The van der Waals surface area contributed by atoms with Gasteiger partial charge in [0.25, 0.3) is 0 Å². The highest BCUT2D eigenvalue weighted by Gasteiger charge is 2.19. The highest BCUT2D eigenvalue weighted by molar-refractivity contribution is 4.70. The molecule has 1 heterocycles. The second kappa shape index (κ2) is 5.83. The summed E-state index contributed by atoms with van der Waals surface area (Å²) >= 11 is 0. The van der Waals surface area contributed by atoms with Crippen LogP contribution in [0.25, 0.3) is 0 Å². The van der Waals surface area contributed by atoms with Crippen molar-refractivity contribution in [1.29, 1.82) is 0 Å². The van der Waals surface area contributed by atoms with Crippen molar-refractivity contribution in [3.63, 3.8) is 0 Å². The molecular formula is C12H25NO2. The topological polar surface area (TPSA) is 21.7 Å². The number of rotatable bonds is 4. The summed E-state index contributed by atoms with van der Waals surface area (Å²) in [4.78, 5) is 2.43. The quantitative estimate of drug-likeness (QED) is 0.715. The Balaban J connectivity index is 2.15. The van der Waals surface area contributed by atoms with Crippen LogP contribution in [-0.2, 0) is 9.47 Å². The van der Waals surface area contributed by atoms with E-state index in [1.165, 1.54) is 0 Å². The molecule has 3 nitrogen and oxygen atoms in total. The van der Waals surface area contributed by atoms with Gasteiger partial charge in [0.15, 0.2) is 0 Å². The summed E-state index contributed by atoms with van der Waals surface area (Å²) in [5, 5.41) is 0. The average molecular weight is 215 g/mol. The fourth-order valence-electron chi connectivity index (χ4n) is 1.71. The Hall–Kier alpha value is -0.120. The van der Waals surface area contributed by atoms with Gasteiger partial charge in [0.05, 0.1) is 24.9 Å². The second-order valence-corrected chi connectivity index (χ2v) is 5.16. The summed E-state index contributed by atoms with van der Waals surface area (Å²) < 4.78 is 11.3. The predicted octanol–water partition coefficient (Wildman–Crippen LogP) is 1.91. The van der Waals surface area contributed by atoms with E-state index in [0.29, 0.717) is 6.10 Å². The molecule has 1 fully saturated rings.